The number of amides is 1. The van der Waals surface area contributed by atoms with Crippen molar-refractivity contribution in [2.45, 2.75) is 6.61 Å². The van der Waals surface area contributed by atoms with Gasteiger partial charge in [-0.15, -0.1) is 0 Å². The zero-order valence-electron chi connectivity index (χ0n) is 9.90. The summed E-state index contributed by atoms with van der Waals surface area (Å²) >= 11 is 11.7. The van der Waals surface area contributed by atoms with Crippen LogP contribution in [0.1, 0.15) is 15.9 Å². The molecular weight excluding hydrogens is 285 g/mol. The highest BCUT2D eigenvalue weighted by molar-refractivity contribution is 6.42. The maximum absolute atomic E-state index is 11.0. The van der Waals surface area contributed by atoms with Gasteiger partial charge in [0, 0.05) is 5.56 Å². The summed E-state index contributed by atoms with van der Waals surface area (Å²) in [7, 11) is 0. The van der Waals surface area contributed by atoms with Crippen LogP contribution in [0, 0.1) is 0 Å². The van der Waals surface area contributed by atoms with Gasteiger partial charge in [-0.25, -0.2) is 0 Å². The van der Waals surface area contributed by atoms with Crippen LogP contribution in [0.3, 0.4) is 0 Å². The summed E-state index contributed by atoms with van der Waals surface area (Å²) in [6, 6.07) is 12.0. The highest BCUT2D eigenvalue weighted by Gasteiger charge is 2.03. The Hall–Kier alpha value is -1.71. The van der Waals surface area contributed by atoms with E-state index in [1.807, 2.05) is 6.07 Å². The van der Waals surface area contributed by atoms with Crippen LogP contribution in [-0.2, 0) is 6.61 Å². The third-order valence-electron chi connectivity index (χ3n) is 2.51. The lowest BCUT2D eigenvalue weighted by Gasteiger charge is -2.08. The van der Waals surface area contributed by atoms with Crippen LogP contribution in [0.15, 0.2) is 42.5 Å². The van der Waals surface area contributed by atoms with E-state index in [0.29, 0.717) is 28.0 Å². The highest BCUT2D eigenvalue weighted by Crippen LogP contribution is 2.23. The average Bonchev–Trinajstić information content (AvgIpc) is 2.40. The highest BCUT2D eigenvalue weighted by atomic mass is 35.5. The van der Waals surface area contributed by atoms with Crippen LogP contribution in [0.5, 0.6) is 5.75 Å². The molecule has 2 aromatic carbocycles. The predicted molar refractivity (Wildman–Crippen MR) is 75.8 cm³/mol. The fourth-order valence-corrected chi connectivity index (χ4v) is 1.86. The second-order valence-electron chi connectivity index (χ2n) is 3.93. The summed E-state index contributed by atoms with van der Waals surface area (Å²) in [6.45, 7) is 0.332. The number of hydrogen-bond donors (Lipinski definition) is 1. The van der Waals surface area contributed by atoms with E-state index in [1.54, 1.807) is 36.4 Å². The lowest BCUT2D eigenvalue weighted by molar-refractivity contribution is 0.1000. The summed E-state index contributed by atoms with van der Waals surface area (Å²) in [4.78, 5) is 11.0. The third-order valence-corrected chi connectivity index (χ3v) is 3.25. The minimum atomic E-state index is -0.486. The van der Waals surface area contributed by atoms with Crippen molar-refractivity contribution in [3.63, 3.8) is 0 Å². The molecule has 2 aromatic rings. The van der Waals surface area contributed by atoms with Crippen molar-refractivity contribution >= 4 is 29.1 Å². The van der Waals surface area contributed by atoms with Gasteiger partial charge in [0.15, 0.2) is 0 Å². The first kappa shape index (κ1) is 13.7. The van der Waals surface area contributed by atoms with Crippen molar-refractivity contribution in [1.29, 1.82) is 0 Å². The van der Waals surface area contributed by atoms with Crippen LogP contribution in [-0.4, -0.2) is 5.91 Å². The monoisotopic (exact) mass is 295 g/mol. The minimum absolute atomic E-state index is 0.332. The van der Waals surface area contributed by atoms with E-state index < -0.39 is 5.91 Å². The number of hydrogen-bond acceptors (Lipinski definition) is 2. The molecule has 98 valence electrons. The predicted octanol–water partition coefficient (Wildman–Crippen LogP) is 3.67. The summed E-state index contributed by atoms with van der Waals surface area (Å²) in [5.41, 5.74) is 6.50. The van der Waals surface area contributed by atoms with Gasteiger partial charge >= 0.3 is 0 Å². The Morgan fingerprint density at radius 2 is 1.89 bits per heavy atom. The van der Waals surface area contributed by atoms with E-state index in [2.05, 4.69) is 0 Å². The first-order valence-corrected chi connectivity index (χ1v) is 6.28. The van der Waals surface area contributed by atoms with Crippen LogP contribution in [0.25, 0.3) is 0 Å². The number of carbonyl (C=O) groups is 1. The number of primary amides is 1. The number of carbonyl (C=O) groups excluding carboxylic acids is 1. The molecule has 0 aromatic heterocycles. The van der Waals surface area contributed by atoms with Crippen LogP contribution in [0.4, 0.5) is 0 Å². The lowest BCUT2D eigenvalue weighted by atomic mass is 10.2. The molecule has 2 N–H and O–H groups in total. The number of halogens is 2. The van der Waals surface area contributed by atoms with Gasteiger partial charge < -0.3 is 10.5 Å². The van der Waals surface area contributed by atoms with Crippen molar-refractivity contribution in [1.82, 2.24) is 0 Å². The molecule has 0 aliphatic rings. The number of ether oxygens (including phenoxy) is 1. The molecule has 0 spiro atoms. The Balaban J connectivity index is 2.07. The summed E-state index contributed by atoms with van der Waals surface area (Å²) < 4.78 is 5.57. The largest absolute Gasteiger partial charge is 0.489 e. The van der Waals surface area contributed by atoms with E-state index in [0.717, 1.165) is 5.56 Å². The quantitative estimate of drug-likeness (QED) is 0.935. The van der Waals surface area contributed by atoms with E-state index >= 15 is 0 Å². The molecule has 0 aliphatic carbocycles. The van der Waals surface area contributed by atoms with Gasteiger partial charge in [-0.3, -0.25) is 4.79 Å². The number of rotatable bonds is 4. The summed E-state index contributed by atoms with van der Waals surface area (Å²) in [5.74, 6) is 0.0855. The normalized spacial score (nSPS) is 10.2. The average molecular weight is 296 g/mol. The second kappa shape index (κ2) is 5.95. The molecule has 0 aliphatic heterocycles. The molecule has 0 atom stereocenters. The van der Waals surface area contributed by atoms with Gasteiger partial charge in [-0.1, -0.05) is 35.3 Å². The molecule has 19 heavy (non-hydrogen) atoms. The standard InChI is InChI=1S/C14H11Cl2NO2/c15-12-5-4-9(6-13(12)16)8-19-11-3-1-2-10(7-11)14(17)18/h1-7H,8H2,(H2,17,18). The van der Waals surface area contributed by atoms with Crippen molar-refractivity contribution in [2.24, 2.45) is 5.73 Å². The maximum Gasteiger partial charge on any atom is 0.248 e. The molecule has 5 heteroatoms. The van der Waals surface area contributed by atoms with Crippen LogP contribution in [0.2, 0.25) is 10.0 Å². The van der Waals surface area contributed by atoms with Crippen molar-refractivity contribution in [3.8, 4) is 5.75 Å². The molecule has 0 heterocycles. The van der Waals surface area contributed by atoms with Crippen LogP contribution < -0.4 is 10.5 Å². The second-order valence-corrected chi connectivity index (χ2v) is 4.74. The summed E-state index contributed by atoms with van der Waals surface area (Å²) in [6.07, 6.45) is 0. The Kier molecular flexibility index (Phi) is 4.30. The van der Waals surface area contributed by atoms with Crippen LogP contribution >= 0.6 is 23.2 Å². The van der Waals surface area contributed by atoms with Gasteiger partial charge in [0.05, 0.1) is 10.0 Å². The molecule has 0 radical (unpaired) electrons. The molecule has 0 unspecified atom stereocenters. The van der Waals surface area contributed by atoms with Gasteiger partial charge in [0.2, 0.25) is 5.91 Å². The van der Waals surface area contributed by atoms with Crippen molar-refractivity contribution in [2.75, 3.05) is 0 Å². The molecule has 1 amide bonds. The number of nitrogens with two attached hydrogens (primary N) is 1. The zero-order chi connectivity index (χ0) is 13.8. The van der Waals surface area contributed by atoms with E-state index in [-0.39, 0.29) is 0 Å². The maximum atomic E-state index is 11.0. The first-order valence-electron chi connectivity index (χ1n) is 5.53. The molecular formula is C14H11Cl2NO2. The zero-order valence-corrected chi connectivity index (χ0v) is 11.4. The summed E-state index contributed by atoms with van der Waals surface area (Å²) in [5, 5.41) is 0.981. The molecule has 2 rings (SSSR count). The van der Waals surface area contributed by atoms with E-state index in [9.17, 15) is 4.79 Å². The SMILES string of the molecule is NC(=O)c1cccc(OCc2ccc(Cl)c(Cl)c2)c1. The Bertz CT molecular complexity index is 614. The van der Waals surface area contributed by atoms with Crippen molar-refractivity contribution < 1.29 is 9.53 Å². The number of benzene rings is 2. The Morgan fingerprint density at radius 1 is 1.11 bits per heavy atom. The van der Waals surface area contributed by atoms with E-state index in [4.69, 9.17) is 33.7 Å². The minimum Gasteiger partial charge on any atom is -0.489 e. The fourth-order valence-electron chi connectivity index (χ4n) is 1.54. The molecule has 0 fully saturated rings. The van der Waals surface area contributed by atoms with Crippen molar-refractivity contribution in [3.05, 3.63) is 63.6 Å². The lowest BCUT2D eigenvalue weighted by Crippen LogP contribution is -2.10. The van der Waals surface area contributed by atoms with Gasteiger partial charge in [-0.2, -0.15) is 0 Å². The molecule has 0 saturated carbocycles. The van der Waals surface area contributed by atoms with Gasteiger partial charge in [0.25, 0.3) is 0 Å². The first-order chi connectivity index (χ1) is 9.06. The Morgan fingerprint density at radius 3 is 2.58 bits per heavy atom. The molecule has 0 saturated heterocycles. The molecule has 0 bridgehead atoms. The topological polar surface area (TPSA) is 52.3 Å². The molecule has 3 nitrogen and oxygen atoms in total. The smallest absolute Gasteiger partial charge is 0.248 e. The van der Waals surface area contributed by atoms with Gasteiger partial charge in [0.1, 0.15) is 12.4 Å². The van der Waals surface area contributed by atoms with E-state index in [1.165, 1.54) is 0 Å². The van der Waals surface area contributed by atoms with Gasteiger partial charge in [-0.05, 0) is 35.9 Å². The Labute approximate surface area is 120 Å². The third kappa shape index (κ3) is 3.63. The fraction of sp³-hybridized carbons (Fsp3) is 0.0714.